The second-order valence-corrected chi connectivity index (χ2v) is 3.98. The Bertz CT molecular complexity index is 565. The first-order valence-electron chi connectivity index (χ1n) is 5.62. The molecule has 84 valence electrons. The summed E-state index contributed by atoms with van der Waals surface area (Å²) in [5, 5.41) is 3.27. The Morgan fingerprint density at radius 1 is 1.24 bits per heavy atom. The second-order valence-electron chi connectivity index (χ2n) is 3.98. The second kappa shape index (κ2) is 4.29. The summed E-state index contributed by atoms with van der Waals surface area (Å²) < 4.78 is 0. The van der Waals surface area contributed by atoms with Gasteiger partial charge in [-0.05, 0) is 35.1 Å². The van der Waals surface area contributed by atoms with Gasteiger partial charge in [0.25, 0.3) is 0 Å². The summed E-state index contributed by atoms with van der Waals surface area (Å²) >= 11 is 0. The van der Waals surface area contributed by atoms with E-state index in [0.29, 0.717) is 0 Å². The highest BCUT2D eigenvalue weighted by molar-refractivity contribution is 5.88. The average molecular weight is 223 g/mol. The molecule has 0 bridgehead atoms. The van der Waals surface area contributed by atoms with E-state index in [0.717, 1.165) is 12.2 Å². The maximum absolute atomic E-state index is 4.03. The van der Waals surface area contributed by atoms with Gasteiger partial charge in [-0.1, -0.05) is 24.3 Å². The minimum Gasteiger partial charge on any atom is -0.387 e. The quantitative estimate of drug-likeness (QED) is 0.780. The molecule has 0 fully saturated rings. The molecule has 0 amide bonds. The Kier molecular flexibility index (Phi) is 2.50. The smallest absolute Gasteiger partial charge is 0.0924 e. The Hall–Kier alpha value is -2.29. The van der Waals surface area contributed by atoms with Gasteiger partial charge in [0.2, 0.25) is 0 Å². The maximum atomic E-state index is 4.03. The van der Waals surface area contributed by atoms with Crippen molar-refractivity contribution in [1.29, 1.82) is 0 Å². The van der Waals surface area contributed by atoms with Gasteiger partial charge in [-0.15, -0.1) is 0 Å². The third-order valence-electron chi connectivity index (χ3n) is 2.83. The number of nitrogens with one attached hydrogen (secondary N) is 2. The summed E-state index contributed by atoms with van der Waals surface area (Å²) in [6.07, 6.45) is 9.70. The summed E-state index contributed by atoms with van der Waals surface area (Å²) in [5.41, 5.74) is 4.78. The summed E-state index contributed by atoms with van der Waals surface area (Å²) in [4.78, 5) is 7.12. The van der Waals surface area contributed by atoms with Crippen LogP contribution in [0.4, 0.5) is 0 Å². The molecule has 0 unspecified atom stereocenters. The van der Waals surface area contributed by atoms with Gasteiger partial charge in [-0.3, -0.25) is 0 Å². The number of rotatable bonds is 1. The van der Waals surface area contributed by atoms with Gasteiger partial charge in [-0.25, -0.2) is 4.98 Å². The summed E-state index contributed by atoms with van der Waals surface area (Å²) in [5.74, 6) is 0. The van der Waals surface area contributed by atoms with Gasteiger partial charge in [0, 0.05) is 6.54 Å². The first kappa shape index (κ1) is 9.90. The zero-order chi connectivity index (χ0) is 11.5. The molecular formula is C14H13N3. The molecule has 0 aliphatic carbocycles. The van der Waals surface area contributed by atoms with Crippen LogP contribution in [-0.4, -0.2) is 9.97 Å². The number of aromatic nitrogens is 2. The van der Waals surface area contributed by atoms with Crippen molar-refractivity contribution in [3.05, 3.63) is 65.9 Å². The molecule has 17 heavy (non-hydrogen) atoms. The molecule has 2 N–H and O–H groups in total. The third-order valence-corrected chi connectivity index (χ3v) is 2.83. The molecule has 0 radical (unpaired) electrons. The van der Waals surface area contributed by atoms with E-state index < -0.39 is 0 Å². The van der Waals surface area contributed by atoms with Crippen LogP contribution in [0.25, 0.3) is 11.6 Å². The number of nitrogens with zero attached hydrogens (tertiary/aromatic N) is 1. The fourth-order valence-corrected chi connectivity index (χ4v) is 2.00. The molecule has 1 aliphatic heterocycles. The van der Waals surface area contributed by atoms with Crippen LogP contribution in [0.2, 0.25) is 0 Å². The van der Waals surface area contributed by atoms with Crippen LogP contribution in [0.1, 0.15) is 16.8 Å². The molecular weight excluding hydrogens is 210 g/mol. The molecule has 1 aromatic heterocycles. The van der Waals surface area contributed by atoms with Gasteiger partial charge in [0.1, 0.15) is 0 Å². The number of imidazole rings is 1. The van der Waals surface area contributed by atoms with E-state index in [1.165, 1.54) is 16.7 Å². The predicted molar refractivity (Wildman–Crippen MR) is 68.9 cm³/mol. The molecule has 1 aromatic carbocycles. The zero-order valence-electron chi connectivity index (χ0n) is 9.35. The molecule has 3 heteroatoms. The van der Waals surface area contributed by atoms with Crippen LogP contribution in [0.3, 0.4) is 0 Å². The molecule has 1 aliphatic rings. The van der Waals surface area contributed by atoms with E-state index in [4.69, 9.17) is 0 Å². The van der Waals surface area contributed by atoms with E-state index in [1.54, 1.807) is 6.33 Å². The monoisotopic (exact) mass is 223 g/mol. The Morgan fingerprint density at radius 2 is 2.18 bits per heavy atom. The number of hydrogen-bond donors (Lipinski definition) is 2. The molecule has 0 spiro atoms. The van der Waals surface area contributed by atoms with Crippen molar-refractivity contribution in [2.75, 3.05) is 0 Å². The molecule has 0 saturated heterocycles. The van der Waals surface area contributed by atoms with Crippen molar-refractivity contribution in [2.45, 2.75) is 6.54 Å². The molecule has 0 atom stereocenters. The SMILES string of the molecule is C1=CC(=Cc2cnc[nH]2)c2ccccc2CN1. The van der Waals surface area contributed by atoms with Crippen molar-refractivity contribution >= 4 is 11.6 Å². The Morgan fingerprint density at radius 3 is 3.06 bits per heavy atom. The van der Waals surface area contributed by atoms with E-state index in [9.17, 15) is 0 Å². The standard InChI is InChI=1S/C14H13N3/c1-2-4-14-11(7-13-9-16-10-17-13)5-6-15-8-12(14)3-1/h1-7,9-10,15H,8H2,(H,16,17). The lowest BCUT2D eigenvalue weighted by molar-refractivity contribution is 0.874. The van der Waals surface area contributed by atoms with Crippen LogP contribution in [0.5, 0.6) is 0 Å². The normalized spacial score (nSPS) is 16.4. The van der Waals surface area contributed by atoms with Crippen LogP contribution in [-0.2, 0) is 6.54 Å². The van der Waals surface area contributed by atoms with Crippen LogP contribution in [0, 0.1) is 0 Å². The number of allylic oxidation sites excluding steroid dienone is 2. The number of benzene rings is 1. The first-order valence-corrected chi connectivity index (χ1v) is 5.62. The Balaban J connectivity index is 2.10. The fraction of sp³-hybridized carbons (Fsp3) is 0.0714. The third kappa shape index (κ3) is 1.99. The van der Waals surface area contributed by atoms with E-state index in [-0.39, 0.29) is 0 Å². The maximum Gasteiger partial charge on any atom is 0.0924 e. The topological polar surface area (TPSA) is 40.7 Å². The zero-order valence-corrected chi connectivity index (χ0v) is 9.35. The van der Waals surface area contributed by atoms with Gasteiger partial charge in [0.05, 0.1) is 18.2 Å². The summed E-state index contributed by atoms with van der Waals surface area (Å²) in [6.45, 7) is 0.868. The lowest BCUT2D eigenvalue weighted by Crippen LogP contribution is -2.03. The van der Waals surface area contributed by atoms with Crippen molar-refractivity contribution in [3.8, 4) is 0 Å². The number of hydrogen-bond acceptors (Lipinski definition) is 2. The van der Waals surface area contributed by atoms with Gasteiger partial charge < -0.3 is 10.3 Å². The van der Waals surface area contributed by atoms with Crippen LogP contribution in [0.15, 0.2) is 49.1 Å². The van der Waals surface area contributed by atoms with E-state index in [2.05, 4.69) is 51.7 Å². The first-order chi connectivity index (χ1) is 8.43. The van der Waals surface area contributed by atoms with Crippen molar-refractivity contribution in [2.24, 2.45) is 0 Å². The lowest BCUT2D eigenvalue weighted by Gasteiger charge is -2.06. The minimum absolute atomic E-state index is 0.868. The van der Waals surface area contributed by atoms with Crippen molar-refractivity contribution < 1.29 is 0 Å². The minimum atomic E-state index is 0.868. The number of fused-ring (bicyclic) bond motifs is 1. The lowest BCUT2D eigenvalue weighted by atomic mass is 9.99. The van der Waals surface area contributed by atoms with Crippen LogP contribution >= 0.6 is 0 Å². The molecule has 3 nitrogen and oxygen atoms in total. The predicted octanol–water partition coefficient (Wildman–Crippen LogP) is 2.57. The van der Waals surface area contributed by atoms with E-state index >= 15 is 0 Å². The average Bonchev–Trinajstić information content (AvgIpc) is 2.78. The highest BCUT2D eigenvalue weighted by Gasteiger charge is 2.07. The van der Waals surface area contributed by atoms with Gasteiger partial charge >= 0.3 is 0 Å². The van der Waals surface area contributed by atoms with Gasteiger partial charge in [0.15, 0.2) is 0 Å². The summed E-state index contributed by atoms with van der Waals surface area (Å²) in [6, 6.07) is 8.43. The number of H-pyrrole nitrogens is 1. The molecule has 3 rings (SSSR count). The number of aromatic amines is 1. The van der Waals surface area contributed by atoms with Crippen LogP contribution < -0.4 is 5.32 Å². The van der Waals surface area contributed by atoms with Crippen molar-refractivity contribution in [1.82, 2.24) is 15.3 Å². The van der Waals surface area contributed by atoms with Crippen molar-refractivity contribution in [3.63, 3.8) is 0 Å². The van der Waals surface area contributed by atoms with E-state index in [1.807, 2.05) is 12.4 Å². The molecule has 2 heterocycles. The molecule has 2 aromatic rings. The highest BCUT2D eigenvalue weighted by Crippen LogP contribution is 2.24. The molecule has 0 saturated carbocycles. The summed E-state index contributed by atoms with van der Waals surface area (Å²) in [7, 11) is 0. The largest absolute Gasteiger partial charge is 0.387 e. The van der Waals surface area contributed by atoms with Gasteiger partial charge in [-0.2, -0.15) is 0 Å². The highest BCUT2D eigenvalue weighted by atomic mass is 14.9. The fourth-order valence-electron chi connectivity index (χ4n) is 2.00. The Labute approximate surface area is 99.9 Å².